The first kappa shape index (κ1) is 28.5. The molecule has 1 aliphatic carbocycles. The van der Waals surface area contributed by atoms with Gasteiger partial charge in [-0.2, -0.15) is 0 Å². The number of halogens is 1. The summed E-state index contributed by atoms with van der Waals surface area (Å²) in [5, 5.41) is 4.06. The van der Waals surface area contributed by atoms with Gasteiger partial charge in [-0.15, -0.1) is 0 Å². The molecule has 0 amide bonds. The summed E-state index contributed by atoms with van der Waals surface area (Å²) in [6.45, 7) is 4.50. The molecule has 5 rings (SSSR count). The van der Waals surface area contributed by atoms with Crippen molar-refractivity contribution in [1.29, 1.82) is 0 Å². The van der Waals surface area contributed by atoms with Crippen LogP contribution in [0.1, 0.15) is 61.6 Å². The minimum Gasteiger partial charge on any atom is -0.493 e. The van der Waals surface area contributed by atoms with E-state index in [1.807, 2.05) is 86.6 Å². The smallest absolute Gasteiger partial charge is 0.336 e. The van der Waals surface area contributed by atoms with E-state index in [9.17, 15) is 9.59 Å². The fraction of sp³-hybridized carbons (Fsp3) is 0.294. The van der Waals surface area contributed by atoms with Crippen molar-refractivity contribution in [2.75, 3.05) is 13.7 Å². The van der Waals surface area contributed by atoms with E-state index in [2.05, 4.69) is 5.32 Å². The summed E-state index contributed by atoms with van der Waals surface area (Å²) < 4.78 is 17.4. The standard InChI is InChI=1S/C34H34ClNO5/c1-4-16-40-34(38)31-21(2)36-27-17-25(23-10-13-26(35)14-11-23)18-28(37)33(27)32(31)24-12-15-29(30(19-24)39-3)41-20-22-8-6-5-7-9-22/h5-15,19,25,32,36H,4,16-18,20H2,1-3H3/t25-,32+/m1/s1. The van der Waals surface area contributed by atoms with Crippen molar-refractivity contribution in [3.63, 3.8) is 0 Å². The van der Waals surface area contributed by atoms with Crippen molar-refractivity contribution in [3.8, 4) is 11.5 Å². The zero-order valence-electron chi connectivity index (χ0n) is 23.5. The molecule has 0 saturated carbocycles. The van der Waals surface area contributed by atoms with E-state index in [1.54, 1.807) is 7.11 Å². The van der Waals surface area contributed by atoms with Gasteiger partial charge in [0.05, 0.1) is 19.3 Å². The maximum atomic E-state index is 13.9. The average Bonchev–Trinajstić information content (AvgIpc) is 2.98. The number of ether oxygens (including phenoxy) is 3. The van der Waals surface area contributed by atoms with Gasteiger partial charge in [-0.1, -0.05) is 67.1 Å². The summed E-state index contributed by atoms with van der Waals surface area (Å²) >= 11 is 6.11. The van der Waals surface area contributed by atoms with Crippen LogP contribution in [0.4, 0.5) is 0 Å². The predicted molar refractivity (Wildman–Crippen MR) is 159 cm³/mol. The van der Waals surface area contributed by atoms with Crippen molar-refractivity contribution in [2.45, 2.75) is 51.6 Å². The van der Waals surface area contributed by atoms with Gasteiger partial charge < -0.3 is 19.5 Å². The van der Waals surface area contributed by atoms with Crippen LogP contribution in [0.15, 0.2) is 95.3 Å². The fourth-order valence-electron chi connectivity index (χ4n) is 5.60. The fourth-order valence-corrected chi connectivity index (χ4v) is 5.73. The molecule has 2 aliphatic rings. The van der Waals surface area contributed by atoms with Crippen molar-refractivity contribution in [1.82, 2.24) is 5.32 Å². The molecule has 1 heterocycles. The first-order chi connectivity index (χ1) is 19.9. The Morgan fingerprint density at radius 3 is 2.41 bits per heavy atom. The Balaban J connectivity index is 1.52. The van der Waals surface area contributed by atoms with Crippen LogP contribution in [-0.2, 0) is 20.9 Å². The highest BCUT2D eigenvalue weighted by atomic mass is 35.5. The zero-order chi connectivity index (χ0) is 28.9. The molecular formula is C34H34ClNO5. The molecule has 1 aliphatic heterocycles. The van der Waals surface area contributed by atoms with E-state index in [1.165, 1.54) is 0 Å². The Labute approximate surface area is 246 Å². The largest absolute Gasteiger partial charge is 0.493 e. The molecule has 0 fully saturated rings. The lowest BCUT2D eigenvalue weighted by atomic mass is 9.71. The minimum atomic E-state index is -0.591. The number of ketones is 1. The summed E-state index contributed by atoms with van der Waals surface area (Å²) in [5.74, 6) is 0.102. The molecular weight excluding hydrogens is 538 g/mol. The number of Topliss-reactive ketones (excluding diaryl/α,β-unsaturated/α-hetero) is 1. The Bertz CT molecular complexity index is 1490. The molecule has 7 heteroatoms. The molecule has 3 aromatic carbocycles. The second-order valence-corrected chi connectivity index (χ2v) is 10.8. The van der Waals surface area contributed by atoms with Crippen LogP contribution >= 0.6 is 11.6 Å². The third kappa shape index (κ3) is 6.18. The molecule has 0 spiro atoms. The summed E-state index contributed by atoms with van der Waals surface area (Å²) in [7, 11) is 1.58. The van der Waals surface area contributed by atoms with Crippen molar-refractivity contribution in [3.05, 3.63) is 117 Å². The van der Waals surface area contributed by atoms with Crippen LogP contribution in [0.5, 0.6) is 11.5 Å². The van der Waals surface area contributed by atoms with Crippen LogP contribution < -0.4 is 14.8 Å². The van der Waals surface area contributed by atoms with E-state index in [0.717, 1.165) is 22.4 Å². The number of esters is 1. The zero-order valence-corrected chi connectivity index (χ0v) is 24.3. The lowest BCUT2D eigenvalue weighted by Gasteiger charge is -2.37. The number of hydrogen-bond acceptors (Lipinski definition) is 6. The van der Waals surface area contributed by atoms with E-state index in [0.29, 0.717) is 65.8 Å². The first-order valence-corrected chi connectivity index (χ1v) is 14.3. The topological polar surface area (TPSA) is 73.9 Å². The van der Waals surface area contributed by atoms with Gasteiger partial charge in [0.25, 0.3) is 0 Å². The number of dihydropyridines is 1. The third-order valence-corrected chi connectivity index (χ3v) is 7.84. The number of rotatable bonds is 9. The maximum Gasteiger partial charge on any atom is 0.336 e. The number of benzene rings is 3. The molecule has 41 heavy (non-hydrogen) atoms. The SMILES string of the molecule is CCCOC(=O)C1=C(C)NC2=C(C(=O)C[C@H](c3ccc(Cl)cc3)C2)[C@H]1c1ccc(OCc2ccccc2)c(OC)c1. The van der Waals surface area contributed by atoms with E-state index >= 15 is 0 Å². The number of carbonyl (C=O) groups excluding carboxylic acids is 2. The van der Waals surface area contributed by atoms with Gasteiger partial charge in [-0.25, -0.2) is 4.79 Å². The summed E-state index contributed by atoms with van der Waals surface area (Å²) in [6, 6.07) is 23.1. The summed E-state index contributed by atoms with van der Waals surface area (Å²) in [4.78, 5) is 27.3. The van der Waals surface area contributed by atoms with Gasteiger partial charge in [0, 0.05) is 34.3 Å². The van der Waals surface area contributed by atoms with Gasteiger partial charge in [0.15, 0.2) is 17.3 Å². The number of nitrogens with one attached hydrogen (secondary N) is 1. The molecule has 3 aromatic rings. The molecule has 1 N–H and O–H groups in total. The Morgan fingerprint density at radius 2 is 1.71 bits per heavy atom. The van der Waals surface area contributed by atoms with Crippen molar-refractivity contribution < 1.29 is 23.8 Å². The van der Waals surface area contributed by atoms with E-state index in [4.69, 9.17) is 25.8 Å². The van der Waals surface area contributed by atoms with E-state index in [-0.39, 0.29) is 11.7 Å². The molecule has 0 aromatic heterocycles. The molecule has 0 radical (unpaired) electrons. The van der Waals surface area contributed by atoms with Crippen LogP contribution in [0.3, 0.4) is 0 Å². The Morgan fingerprint density at radius 1 is 0.976 bits per heavy atom. The highest BCUT2D eigenvalue weighted by Crippen LogP contribution is 2.47. The normalized spacial score (nSPS) is 18.5. The van der Waals surface area contributed by atoms with E-state index < -0.39 is 11.9 Å². The number of methoxy groups -OCH3 is 1. The third-order valence-electron chi connectivity index (χ3n) is 7.58. The summed E-state index contributed by atoms with van der Waals surface area (Å²) in [5.41, 5.74) is 5.42. The minimum absolute atomic E-state index is 0.000336. The quantitative estimate of drug-likeness (QED) is 0.273. The number of hydrogen-bond donors (Lipinski definition) is 1. The second kappa shape index (κ2) is 12.6. The monoisotopic (exact) mass is 571 g/mol. The van der Waals surface area contributed by atoms with Gasteiger partial charge in [0.2, 0.25) is 0 Å². The lowest BCUT2D eigenvalue weighted by Crippen LogP contribution is -2.36. The van der Waals surface area contributed by atoms with Crippen molar-refractivity contribution in [2.24, 2.45) is 0 Å². The highest BCUT2D eigenvalue weighted by molar-refractivity contribution is 6.30. The Hall–Kier alpha value is -4.03. The molecule has 0 saturated heterocycles. The summed E-state index contributed by atoms with van der Waals surface area (Å²) in [6.07, 6.45) is 1.68. The maximum absolute atomic E-state index is 13.9. The molecule has 0 bridgehead atoms. The first-order valence-electron chi connectivity index (χ1n) is 13.9. The number of carbonyl (C=O) groups is 2. The van der Waals surface area contributed by atoms with Crippen molar-refractivity contribution >= 4 is 23.4 Å². The molecule has 2 atom stereocenters. The van der Waals surface area contributed by atoms with Crippen LogP contribution in [0.2, 0.25) is 5.02 Å². The number of allylic oxidation sites excluding steroid dienone is 3. The molecule has 6 nitrogen and oxygen atoms in total. The van der Waals surface area contributed by atoms with Gasteiger partial charge in [0.1, 0.15) is 6.61 Å². The highest BCUT2D eigenvalue weighted by Gasteiger charge is 2.41. The van der Waals surface area contributed by atoms with Crippen LogP contribution in [0.25, 0.3) is 0 Å². The van der Waals surface area contributed by atoms with Gasteiger partial charge in [-0.05, 0) is 66.6 Å². The van der Waals surface area contributed by atoms with Crippen LogP contribution in [-0.4, -0.2) is 25.5 Å². The second-order valence-electron chi connectivity index (χ2n) is 10.4. The Kier molecular flexibility index (Phi) is 8.79. The van der Waals surface area contributed by atoms with Gasteiger partial charge in [-0.3, -0.25) is 4.79 Å². The predicted octanol–water partition coefficient (Wildman–Crippen LogP) is 7.24. The van der Waals surface area contributed by atoms with Gasteiger partial charge >= 0.3 is 5.97 Å². The molecule has 0 unspecified atom stereocenters. The average molecular weight is 572 g/mol. The van der Waals surface area contributed by atoms with Crippen LogP contribution in [0, 0.1) is 0 Å². The molecule has 212 valence electrons. The lowest BCUT2D eigenvalue weighted by molar-refractivity contribution is -0.139.